The minimum Gasteiger partial charge on any atom is -0.490 e. The van der Waals surface area contributed by atoms with Gasteiger partial charge in [-0.25, -0.2) is 0 Å². The van der Waals surface area contributed by atoms with Gasteiger partial charge in [0.2, 0.25) is 11.8 Å². The van der Waals surface area contributed by atoms with E-state index >= 15 is 0 Å². The number of benzene rings is 1. The number of amides is 2. The summed E-state index contributed by atoms with van der Waals surface area (Å²) in [5, 5.41) is 11.1. The number of fused-ring (bicyclic) bond motifs is 1. The summed E-state index contributed by atoms with van der Waals surface area (Å²) in [4.78, 5) is 23.4. The standard InChI is InChI=1S/C19H24N4O4S3/c1-11(2)17(12-4-5-13-14(8-12)27-7-3-6-26-13)21-16(25)10-29-19-23-22-18(30-19)28-9-15(20)24/h4-5,8,11,17H,3,6-7,9-10H2,1-2H3,(H2,20,24)(H,21,25). The lowest BCUT2D eigenvalue weighted by molar-refractivity contribution is -0.119. The normalized spacial score (nSPS) is 14.2. The second kappa shape index (κ2) is 10.9. The minimum atomic E-state index is -0.404. The summed E-state index contributed by atoms with van der Waals surface area (Å²) < 4.78 is 12.8. The number of hydrogen-bond donors (Lipinski definition) is 2. The number of hydrogen-bond acceptors (Lipinski definition) is 9. The lowest BCUT2D eigenvalue weighted by Crippen LogP contribution is -2.33. The van der Waals surface area contributed by atoms with Crippen LogP contribution in [0.1, 0.15) is 31.9 Å². The molecule has 2 aromatic rings. The molecule has 0 fully saturated rings. The highest BCUT2D eigenvalue weighted by molar-refractivity contribution is 8.03. The van der Waals surface area contributed by atoms with Crippen molar-refractivity contribution < 1.29 is 19.1 Å². The van der Waals surface area contributed by atoms with Crippen LogP contribution >= 0.6 is 34.9 Å². The van der Waals surface area contributed by atoms with Crippen LogP contribution in [0.4, 0.5) is 0 Å². The van der Waals surface area contributed by atoms with E-state index in [2.05, 4.69) is 29.4 Å². The smallest absolute Gasteiger partial charge is 0.230 e. The first-order valence-electron chi connectivity index (χ1n) is 9.48. The highest BCUT2D eigenvalue weighted by atomic mass is 32.2. The second-order valence-electron chi connectivity index (χ2n) is 6.92. The number of nitrogens with zero attached hydrogens (tertiary/aromatic N) is 2. The Morgan fingerprint density at radius 2 is 1.80 bits per heavy atom. The van der Waals surface area contributed by atoms with Gasteiger partial charge in [0.05, 0.1) is 30.8 Å². The van der Waals surface area contributed by atoms with Gasteiger partial charge >= 0.3 is 0 Å². The van der Waals surface area contributed by atoms with Crippen LogP contribution in [0, 0.1) is 5.92 Å². The molecular weight excluding hydrogens is 444 g/mol. The average molecular weight is 469 g/mol. The number of nitrogens with one attached hydrogen (secondary N) is 1. The monoisotopic (exact) mass is 468 g/mol. The first-order valence-corrected chi connectivity index (χ1v) is 12.3. The van der Waals surface area contributed by atoms with E-state index in [1.165, 1.54) is 34.9 Å². The van der Waals surface area contributed by atoms with Crippen LogP contribution in [0.5, 0.6) is 11.5 Å². The highest BCUT2D eigenvalue weighted by Crippen LogP contribution is 2.34. The Morgan fingerprint density at radius 3 is 2.47 bits per heavy atom. The van der Waals surface area contributed by atoms with E-state index in [0.717, 1.165) is 17.7 Å². The minimum absolute atomic E-state index is 0.0904. The fourth-order valence-corrected chi connectivity index (χ4v) is 5.37. The molecule has 0 aliphatic carbocycles. The van der Waals surface area contributed by atoms with E-state index in [1.807, 2.05) is 18.2 Å². The van der Waals surface area contributed by atoms with Gasteiger partial charge in [0.25, 0.3) is 0 Å². The van der Waals surface area contributed by atoms with Crippen molar-refractivity contribution in [3.8, 4) is 11.5 Å². The number of primary amides is 1. The number of nitrogens with two attached hydrogens (primary N) is 1. The third-order valence-corrected chi connectivity index (χ3v) is 7.38. The largest absolute Gasteiger partial charge is 0.490 e. The van der Waals surface area contributed by atoms with Gasteiger partial charge in [0.1, 0.15) is 0 Å². The molecule has 0 spiro atoms. The number of aromatic nitrogens is 2. The van der Waals surface area contributed by atoms with Crippen LogP contribution in [0.25, 0.3) is 0 Å². The van der Waals surface area contributed by atoms with Gasteiger partial charge in [0.15, 0.2) is 20.2 Å². The summed E-state index contributed by atoms with van der Waals surface area (Å²) in [6.45, 7) is 5.39. The Bertz CT molecular complexity index is 890. The third kappa shape index (κ3) is 6.51. The Balaban J connectivity index is 1.58. The summed E-state index contributed by atoms with van der Waals surface area (Å²) in [6.07, 6.45) is 0.847. The predicted octanol–water partition coefficient (Wildman–Crippen LogP) is 2.88. The number of rotatable bonds is 9. The zero-order chi connectivity index (χ0) is 21.5. The molecule has 3 rings (SSSR count). The van der Waals surface area contributed by atoms with Gasteiger partial charge in [-0.15, -0.1) is 10.2 Å². The molecule has 8 nitrogen and oxygen atoms in total. The molecule has 3 N–H and O–H groups in total. The van der Waals surface area contributed by atoms with E-state index in [0.29, 0.717) is 27.6 Å². The first-order chi connectivity index (χ1) is 14.4. The topological polar surface area (TPSA) is 116 Å². The van der Waals surface area contributed by atoms with Gasteiger partial charge in [-0.3, -0.25) is 9.59 Å². The molecule has 0 saturated heterocycles. The molecule has 0 bridgehead atoms. The van der Waals surface area contributed by atoms with Crippen molar-refractivity contribution in [3.05, 3.63) is 23.8 Å². The number of thioether (sulfide) groups is 2. The van der Waals surface area contributed by atoms with Crippen LogP contribution in [-0.4, -0.2) is 46.7 Å². The second-order valence-corrected chi connectivity index (χ2v) is 10.3. The maximum Gasteiger partial charge on any atom is 0.230 e. The summed E-state index contributed by atoms with van der Waals surface area (Å²) in [7, 11) is 0. The lowest BCUT2D eigenvalue weighted by atomic mass is 9.95. The number of carbonyl (C=O) groups is 2. The average Bonchev–Trinajstić information content (AvgIpc) is 3.04. The van der Waals surface area contributed by atoms with Gasteiger partial charge in [-0.2, -0.15) is 0 Å². The molecule has 0 radical (unpaired) electrons. The lowest BCUT2D eigenvalue weighted by Gasteiger charge is -2.23. The van der Waals surface area contributed by atoms with Crippen molar-refractivity contribution in [1.29, 1.82) is 0 Å². The zero-order valence-corrected chi connectivity index (χ0v) is 19.2. The van der Waals surface area contributed by atoms with Crippen molar-refractivity contribution in [2.45, 2.75) is 35.0 Å². The molecule has 30 heavy (non-hydrogen) atoms. The first kappa shape index (κ1) is 22.7. The van der Waals surface area contributed by atoms with Crippen molar-refractivity contribution in [3.63, 3.8) is 0 Å². The van der Waals surface area contributed by atoms with Gasteiger partial charge in [-0.1, -0.05) is 54.8 Å². The van der Waals surface area contributed by atoms with Crippen LogP contribution in [0.3, 0.4) is 0 Å². The quantitative estimate of drug-likeness (QED) is 0.540. The van der Waals surface area contributed by atoms with Gasteiger partial charge in [0, 0.05) is 6.42 Å². The summed E-state index contributed by atoms with van der Waals surface area (Å²) in [5.41, 5.74) is 6.11. The molecule has 1 atom stereocenters. The summed E-state index contributed by atoms with van der Waals surface area (Å²) >= 11 is 3.90. The molecule has 162 valence electrons. The Hall–Kier alpha value is -1.98. The molecule has 2 amide bonds. The molecule has 1 unspecified atom stereocenters. The van der Waals surface area contributed by atoms with E-state index in [-0.39, 0.29) is 29.4 Å². The predicted molar refractivity (Wildman–Crippen MR) is 118 cm³/mol. The Kier molecular flexibility index (Phi) is 8.23. The van der Waals surface area contributed by atoms with Crippen molar-refractivity contribution in [2.24, 2.45) is 11.7 Å². The summed E-state index contributed by atoms with van der Waals surface area (Å²) in [6, 6.07) is 5.68. The van der Waals surface area contributed by atoms with E-state index in [4.69, 9.17) is 15.2 Å². The SMILES string of the molecule is CC(C)C(NC(=O)CSc1nnc(SCC(N)=O)s1)c1ccc2c(c1)OCCCO2. The third-order valence-electron chi connectivity index (χ3n) is 4.17. The molecule has 0 saturated carbocycles. The molecular formula is C19H24N4O4S3. The van der Waals surface area contributed by atoms with Crippen LogP contribution in [0.2, 0.25) is 0 Å². The van der Waals surface area contributed by atoms with Crippen LogP contribution in [0.15, 0.2) is 26.9 Å². The van der Waals surface area contributed by atoms with Crippen LogP contribution in [-0.2, 0) is 9.59 Å². The molecule has 1 aliphatic rings. The van der Waals surface area contributed by atoms with Crippen molar-refractivity contribution in [1.82, 2.24) is 15.5 Å². The fourth-order valence-electron chi connectivity index (χ4n) is 2.80. The molecule has 2 heterocycles. The van der Waals surface area contributed by atoms with Gasteiger partial charge < -0.3 is 20.5 Å². The molecule has 1 aromatic heterocycles. The van der Waals surface area contributed by atoms with Crippen LogP contribution < -0.4 is 20.5 Å². The maximum absolute atomic E-state index is 12.6. The molecule has 1 aromatic carbocycles. The number of ether oxygens (including phenoxy) is 2. The van der Waals surface area contributed by atoms with E-state index in [1.54, 1.807) is 0 Å². The Labute approximate surface area is 187 Å². The molecule has 1 aliphatic heterocycles. The number of carbonyl (C=O) groups excluding carboxylic acids is 2. The zero-order valence-electron chi connectivity index (χ0n) is 16.8. The van der Waals surface area contributed by atoms with E-state index in [9.17, 15) is 9.59 Å². The maximum atomic E-state index is 12.6. The Morgan fingerprint density at radius 1 is 1.13 bits per heavy atom. The van der Waals surface area contributed by atoms with Gasteiger partial charge in [-0.05, 0) is 23.6 Å². The molecule has 11 heteroatoms. The highest BCUT2D eigenvalue weighted by Gasteiger charge is 2.21. The van der Waals surface area contributed by atoms with Crippen molar-refractivity contribution in [2.75, 3.05) is 24.7 Å². The van der Waals surface area contributed by atoms with E-state index < -0.39 is 5.91 Å². The summed E-state index contributed by atoms with van der Waals surface area (Å²) in [5.74, 6) is 1.54. The van der Waals surface area contributed by atoms with Crippen molar-refractivity contribution >= 4 is 46.7 Å². The fraction of sp³-hybridized carbons (Fsp3) is 0.474.